The van der Waals surface area contributed by atoms with Gasteiger partial charge in [0.15, 0.2) is 17.7 Å². The van der Waals surface area contributed by atoms with E-state index >= 15 is 0 Å². The summed E-state index contributed by atoms with van der Waals surface area (Å²) in [4.78, 5) is 70.8. The van der Waals surface area contributed by atoms with E-state index in [4.69, 9.17) is 28.4 Å². The molecule has 0 bridgehead atoms. The second-order valence-corrected chi connectivity index (χ2v) is 18.2. The molecule has 1 aromatic heterocycles. The van der Waals surface area contributed by atoms with E-state index in [0.717, 1.165) is 0 Å². The molecule has 14 atom stereocenters. The molecule has 348 valence electrons. The topological polar surface area (TPSA) is 210 Å². The number of carbonyl (C=O) groups is 5. The number of anilines is 1. The van der Waals surface area contributed by atoms with Crippen LogP contribution in [-0.2, 0) is 55.8 Å². The number of carbonyl (C=O) groups excluding carboxylic acids is 5. The number of benzene rings is 1. The van der Waals surface area contributed by atoms with Gasteiger partial charge in [-0.25, -0.2) is 18.7 Å². The lowest BCUT2D eigenvalue weighted by atomic mass is 9.73. The van der Waals surface area contributed by atoms with Crippen LogP contribution in [0.4, 0.5) is 19.7 Å². The first-order chi connectivity index (χ1) is 29.7. The molecule has 18 nitrogen and oxygen atoms in total. The zero-order valence-corrected chi connectivity index (χ0v) is 37.8. The number of methoxy groups -OCH3 is 1. The van der Waals surface area contributed by atoms with Crippen LogP contribution in [0.2, 0.25) is 0 Å². The van der Waals surface area contributed by atoms with E-state index in [1.165, 1.54) is 37.1 Å². The van der Waals surface area contributed by atoms with Gasteiger partial charge in [0.2, 0.25) is 0 Å². The van der Waals surface area contributed by atoms with E-state index in [2.05, 4.69) is 15.6 Å². The van der Waals surface area contributed by atoms with Crippen LogP contribution in [0.1, 0.15) is 80.3 Å². The van der Waals surface area contributed by atoms with Crippen molar-refractivity contribution in [1.29, 1.82) is 0 Å². The maximum Gasteiger partial charge on any atom is 0.414 e. The third kappa shape index (κ3) is 10.1. The lowest BCUT2D eigenvalue weighted by Gasteiger charge is -2.47. The van der Waals surface area contributed by atoms with Gasteiger partial charge >= 0.3 is 18.2 Å². The summed E-state index contributed by atoms with van der Waals surface area (Å²) in [5.74, 6) is -5.69. The van der Waals surface area contributed by atoms with E-state index in [1.807, 2.05) is 18.9 Å². The molecular formula is C44H63FN6O12. The molecule has 19 heteroatoms. The number of nitrogens with one attached hydrogen (secondary N) is 1. The van der Waals surface area contributed by atoms with Crippen molar-refractivity contribution in [3.05, 3.63) is 42.0 Å². The molecule has 1 aromatic carbocycles. The van der Waals surface area contributed by atoms with Gasteiger partial charge in [-0.15, -0.1) is 5.10 Å². The van der Waals surface area contributed by atoms with Gasteiger partial charge in [0.1, 0.15) is 35.8 Å². The molecule has 2 aromatic rings. The number of ether oxygens (including phenoxy) is 6. The summed E-state index contributed by atoms with van der Waals surface area (Å²) >= 11 is 0. The Balaban J connectivity index is 1.16. The van der Waals surface area contributed by atoms with Gasteiger partial charge in [0.05, 0.1) is 48.3 Å². The minimum atomic E-state index is -1.39. The molecule has 0 saturated carbocycles. The Morgan fingerprint density at radius 1 is 1.05 bits per heavy atom. The highest BCUT2D eigenvalue weighted by molar-refractivity contribution is 6.00. The van der Waals surface area contributed by atoms with Gasteiger partial charge < -0.3 is 43.7 Å². The maximum absolute atomic E-state index is 14.3. The van der Waals surface area contributed by atoms with Crippen LogP contribution in [0.3, 0.4) is 0 Å². The van der Waals surface area contributed by atoms with Crippen LogP contribution in [0.25, 0.3) is 0 Å². The Kier molecular flexibility index (Phi) is 14.7. The normalized spacial score (nSPS) is 37.0. The monoisotopic (exact) mass is 886 g/mol. The smallest absolute Gasteiger partial charge is 0.414 e. The molecule has 4 aliphatic rings. The van der Waals surface area contributed by atoms with Crippen molar-refractivity contribution in [1.82, 2.24) is 25.2 Å². The molecule has 0 radical (unpaired) electrons. The SMILES string of the molecule is CC[C@H]1OC(=O)[C@H](C)C(=O)C(C)[C@@H](O[C@@H]2O[C@H](C)C[C@H](N(C)CCc3cn(C[C@H]4CN(c5cccc(F)c5)C(=O)O4)nn3)[C@H]2O)[C@](C)(OC)C[C@@H](C)C(=O)[C@@H](C)[C@@H]2NC(=O)O[C@]12C. The number of amides is 2. The number of hydrogen-bond donors (Lipinski definition) is 2. The summed E-state index contributed by atoms with van der Waals surface area (Å²) < 4.78 is 51.6. The van der Waals surface area contributed by atoms with Crippen LogP contribution in [0.15, 0.2) is 30.5 Å². The number of rotatable bonds is 11. The minimum absolute atomic E-state index is 0.0834. The number of alkyl carbamates (subject to hydrolysis) is 1. The number of likely N-dealkylation sites (N-methyl/N-ethyl adjacent to an activating group) is 1. The number of cyclic esters (lactones) is 2. The molecule has 0 spiro atoms. The van der Waals surface area contributed by atoms with Gasteiger partial charge in [-0.05, 0) is 72.2 Å². The maximum atomic E-state index is 14.3. The number of fused-ring (bicyclic) bond motifs is 1. The van der Waals surface area contributed by atoms with Gasteiger partial charge in [-0.2, -0.15) is 0 Å². The van der Waals surface area contributed by atoms with Gasteiger partial charge in [0.25, 0.3) is 0 Å². The summed E-state index contributed by atoms with van der Waals surface area (Å²) in [5, 5.41) is 23.2. The number of halogens is 1. The molecule has 4 aliphatic heterocycles. The molecule has 2 N–H and O–H groups in total. The number of aliphatic hydroxyl groups excluding tert-OH is 1. The summed E-state index contributed by atoms with van der Waals surface area (Å²) in [6.07, 6.45) is -3.73. The Hall–Kier alpha value is -4.56. The first kappa shape index (κ1) is 47.9. The molecular weight excluding hydrogens is 824 g/mol. The molecule has 63 heavy (non-hydrogen) atoms. The van der Waals surface area contributed by atoms with Crippen LogP contribution < -0.4 is 10.2 Å². The lowest BCUT2D eigenvalue weighted by molar-refractivity contribution is -0.296. The average Bonchev–Trinajstić information content (AvgIpc) is 3.95. The van der Waals surface area contributed by atoms with E-state index in [0.29, 0.717) is 30.8 Å². The molecule has 0 aliphatic carbocycles. The quantitative estimate of drug-likeness (QED) is 0.187. The fourth-order valence-corrected chi connectivity index (χ4v) is 9.79. The standard InChI is InChI=1S/C44H63FN6O12/c1-11-33-44(8)37(46-41(56)63-44)25(4)34(52)23(2)19-43(7,58-10)38(26(5)35(53)27(6)39(55)61-33)62-40-36(54)32(17-24(3)59-40)49(9)16-15-29-20-50(48-47-29)21-31-22-51(42(57)60-31)30-14-12-13-28(45)18-30/h12-14,18,20,23-27,31-33,36-38,40,54H,11,15-17,19,21-22H2,1-10H3,(H,46,56)/t23-,24-,25-,26?,27-,31+,32+,33-,36-,37+,38-,40+,43-,44-/m1/s1. The number of esters is 1. The largest absolute Gasteiger partial charge is 0.458 e. The van der Waals surface area contributed by atoms with Crippen LogP contribution >= 0.6 is 0 Å². The summed E-state index contributed by atoms with van der Waals surface area (Å²) in [6.45, 7) is 14.5. The van der Waals surface area contributed by atoms with Crippen LogP contribution in [0, 0.1) is 29.5 Å². The Labute approximate surface area is 367 Å². The van der Waals surface area contributed by atoms with Crippen molar-refractivity contribution in [3.63, 3.8) is 0 Å². The fraction of sp³-hybridized carbons (Fsp3) is 0.705. The van der Waals surface area contributed by atoms with Gasteiger partial charge in [0, 0.05) is 50.1 Å². The Morgan fingerprint density at radius 2 is 1.78 bits per heavy atom. The predicted molar refractivity (Wildman–Crippen MR) is 223 cm³/mol. The third-order valence-electron chi connectivity index (χ3n) is 13.5. The fourth-order valence-electron chi connectivity index (χ4n) is 9.79. The summed E-state index contributed by atoms with van der Waals surface area (Å²) in [5.41, 5.74) is -1.64. The zero-order chi connectivity index (χ0) is 46.1. The highest BCUT2D eigenvalue weighted by atomic mass is 19.1. The molecule has 5 heterocycles. The van der Waals surface area contributed by atoms with Crippen molar-refractivity contribution in [2.45, 2.75) is 148 Å². The van der Waals surface area contributed by atoms with Crippen LogP contribution in [-0.4, -0.2) is 142 Å². The van der Waals surface area contributed by atoms with Crippen LogP contribution in [0.5, 0.6) is 0 Å². The highest BCUT2D eigenvalue weighted by Crippen LogP contribution is 2.40. The Morgan fingerprint density at radius 3 is 2.46 bits per heavy atom. The molecule has 1 unspecified atom stereocenters. The predicted octanol–water partition coefficient (Wildman–Crippen LogP) is 3.85. The van der Waals surface area contributed by atoms with Crippen molar-refractivity contribution in [2.24, 2.45) is 23.7 Å². The average molecular weight is 887 g/mol. The molecule has 2 amide bonds. The molecule has 4 saturated heterocycles. The first-order valence-corrected chi connectivity index (χ1v) is 21.8. The Bertz CT molecular complexity index is 2000. The van der Waals surface area contributed by atoms with E-state index < -0.39 is 107 Å². The minimum Gasteiger partial charge on any atom is -0.458 e. The van der Waals surface area contributed by atoms with Gasteiger partial charge in [-0.1, -0.05) is 39.0 Å². The van der Waals surface area contributed by atoms with Crippen molar-refractivity contribution in [2.75, 3.05) is 32.1 Å². The molecule has 4 fully saturated rings. The zero-order valence-electron chi connectivity index (χ0n) is 37.8. The number of aromatic nitrogens is 3. The second-order valence-electron chi connectivity index (χ2n) is 18.2. The van der Waals surface area contributed by atoms with Crippen molar-refractivity contribution in [3.8, 4) is 0 Å². The summed E-state index contributed by atoms with van der Waals surface area (Å²) in [6, 6.07) is 4.45. The van der Waals surface area contributed by atoms with Crippen molar-refractivity contribution < 1.29 is 61.9 Å². The lowest BCUT2D eigenvalue weighted by Crippen LogP contribution is -2.60. The summed E-state index contributed by atoms with van der Waals surface area (Å²) in [7, 11) is 3.33. The first-order valence-electron chi connectivity index (χ1n) is 21.8. The van der Waals surface area contributed by atoms with E-state index in [1.54, 1.807) is 58.5 Å². The number of aliphatic hydroxyl groups is 1. The number of hydrogen-bond acceptors (Lipinski definition) is 15. The van der Waals surface area contributed by atoms with E-state index in [-0.39, 0.29) is 37.8 Å². The van der Waals surface area contributed by atoms with E-state index in [9.17, 15) is 33.5 Å². The number of ketones is 2. The highest BCUT2D eigenvalue weighted by Gasteiger charge is 2.57. The molecule has 6 rings (SSSR count). The van der Waals surface area contributed by atoms with Gasteiger partial charge in [-0.3, -0.25) is 19.3 Å². The number of Topliss-reactive ketones (excluding diaryl/α,β-unsaturated/α-hetero) is 2. The number of nitrogens with zero attached hydrogens (tertiary/aromatic N) is 5. The second kappa shape index (κ2) is 19.3. The third-order valence-corrected chi connectivity index (χ3v) is 13.5. The van der Waals surface area contributed by atoms with Crippen molar-refractivity contribution >= 4 is 35.4 Å².